The van der Waals surface area contributed by atoms with Crippen LogP contribution >= 0.6 is 15.9 Å². The molecule has 1 aromatic rings. The Morgan fingerprint density at radius 3 is 2.76 bits per heavy atom. The first-order chi connectivity index (χ1) is 7.95. The van der Waals surface area contributed by atoms with Gasteiger partial charge in [-0.1, -0.05) is 26.3 Å². The summed E-state index contributed by atoms with van der Waals surface area (Å²) in [6.45, 7) is 5.99. The van der Waals surface area contributed by atoms with E-state index in [4.69, 9.17) is 5.73 Å². The fourth-order valence-corrected chi connectivity index (χ4v) is 1.81. The summed E-state index contributed by atoms with van der Waals surface area (Å²) in [7, 11) is 0. The summed E-state index contributed by atoms with van der Waals surface area (Å²) in [4.78, 5) is 11.9. The van der Waals surface area contributed by atoms with Crippen LogP contribution in [0.1, 0.15) is 25.8 Å². The van der Waals surface area contributed by atoms with E-state index in [1.807, 2.05) is 39.0 Å². The summed E-state index contributed by atoms with van der Waals surface area (Å²) in [5.41, 5.74) is 7.75. The highest BCUT2D eigenvalue weighted by molar-refractivity contribution is 9.10. The largest absolute Gasteiger partial charge is 0.324 e. The Bertz CT molecular complexity index is 406. The summed E-state index contributed by atoms with van der Waals surface area (Å²) in [6.07, 6.45) is 0.892. The molecule has 1 aromatic carbocycles. The molecule has 0 aliphatic rings. The minimum atomic E-state index is -0.465. The maximum absolute atomic E-state index is 11.9. The lowest BCUT2D eigenvalue weighted by Gasteiger charge is -2.18. The number of halogens is 1. The van der Waals surface area contributed by atoms with Gasteiger partial charge in [-0.25, -0.2) is 0 Å². The van der Waals surface area contributed by atoms with E-state index >= 15 is 0 Å². The molecule has 0 aliphatic carbocycles. The number of nitrogens with two attached hydrogens (primary N) is 1. The molecule has 1 unspecified atom stereocenters. The average molecular weight is 299 g/mol. The topological polar surface area (TPSA) is 55.1 Å². The summed E-state index contributed by atoms with van der Waals surface area (Å²) in [5, 5.41) is 2.86. The van der Waals surface area contributed by atoms with Crippen molar-refractivity contribution in [3.05, 3.63) is 28.2 Å². The van der Waals surface area contributed by atoms with Gasteiger partial charge in [-0.2, -0.15) is 0 Å². The number of amides is 1. The Balaban J connectivity index is 2.77. The number of hydrogen-bond donors (Lipinski definition) is 2. The van der Waals surface area contributed by atoms with Crippen LogP contribution in [0.2, 0.25) is 0 Å². The van der Waals surface area contributed by atoms with Gasteiger partial charge in [0, 0.05) is 4.47 Å². The smallest absolute Gasteiger partial charge is 0.241 e. The Kier molecular flexibility index (Phi) is 5.15. The molecule has 0 aliphatic heterocycles. The fourth-order valence-electron chi connectivity index (χ4n) is 1.46. The predicted octanol–water partition coefficient (Wildman–Crippen LogP) is 3.07. The Hall–Kier alpha value is -0.870. The lowest BCUT2D eigenvalue weighted by atomic mass is 9.99. The molecule has 0 saturated heterocycles. The van der Waals surface area contributed by atoms with Crippen LogP contribution in [0.15, 0.2) is 22.7 Å². The summed E-state index contributed by atoms with van der Waals surface area (Å²) < 4.78 is 0.868. The third-order valence-corrected chi connectivity index (χ3v) is 3.63. The molecule has 3 N–H and O–H groups in total. The van der Waals surface area contributed by atoms with E-state index in [0.29, 0.717) is 0 Å². The molecule has 17 heavy (non-hydrogen) atoms. The van der Waals surface area contributed by atoms with Crippen molar-refractivity contribution in [1.82, 2.24) is 0 Å². The van der Waals surface area contributed by atoms with Crippen LogP contribution in [-0.2, 0) is 4.79 Å². The molecule has 1 rings (SSSR count). The zero-order valence-electron chi connectivity index (χ0n) is 10.5. The molecular formula is C13H19BrN2O. The van der Waals surface area contributed by atoms with Crippen molar-refractivity contribution >= 4 is 27.5 Å². The van der Waals surface area contributed by atoms with Crippen molar-refractivity contribution in [2.75, 3.05) is 5.32 Å². The zero-order valence-corrected chi connectivity index (χ0v) is 12.0. The maximum Gasteiger partial charge on any atom is 0.241 e. The van der Waals surface area contributed by atoms with E-state index in [1.54, 1.807) is 0 Å². The lowest BCUT2D eigenvalue weighted by Crippen LogP contribution is -2.40. The van der Waals surface area contributed by atoms with Gasteiger partial charge >= 0.3 is 0 Å². The molecule has 0 saturated carbocycles. The monoisotopic (exact) mass is 298 g/mol. The second-order valence-corrected chi connectivity index (χ2v) is 5.24. The first-order valence-electron chi connectivity index (χ1n) is 5.78. The fraction of sp³-hybridized carbons (Fsp3) is 0.462. The Morgan fingerprint density at radius 2 is 2.18 bits per heavy atom. The molecule has 2 atom stereocenters. The van der Waals surface area contributed by atoms with Crippen molar-refractivity contribution in [2.24, 2.45) is 11.7 Å². The molecule has 0 bridgehead atoms. The normalized spacial score (nSPS) is 14.2. The Labute approximate surface area is 111 Å². The highest BCUT2D eigenvalue weighted by Gasteiger charge is 2.19. The van der Waals surface area contributed by atoms with Gasteiger partial charge in [-0.15, -0.1) is 0 Å². The molecule has 3 nitrogen and oxygen atoms in total. The third kappa shape index (κ3) is 3.82. The molecule has 1 amide bonds. The summed E-state index contributed by atoms with van der Waals surface area (Å²) in [5.74, 6) is 0.0456. The summed E-state index contributed by atoms with van der Waals surface area (Å²) in [6, 6.07) is 5.35. The van der Waals surface area contributed by atoms with E-state index in [0.717, 1.165) is 22.1 Å². The molecule has 0 radical (unpaired) electrons. The second-order valence-electron chi connectivity index (χ2n) is 4.38. The van der Waals surface area contributed by atoms with Gasteiger partial charge in [0.2, 0.25) is 5.91 Å². The first kappa shape index (κ1) is 14.2. The van der Waals surface area contributed by atoms with Crippen LogP contribution in [0.4, 0.5) is 5.69 Å². The van der Waals surface area contributed by atoms with Crippen LogP contribution < -0.4 is 11.1 Å². The van der Waals surface area contributed by atoms with E-state index < -0.39 is 6.04 Å². The second kappa shape index (κ2) is 6.17. The SMILES string of the molecule is CCC(C)[C@H](N)C(=O)Nc1cc(C)ccc1Br. The zero-order chi connectivity index (χ0) is 13.0. The molecule has 94 valence electrons. The quantitative estimate of drug-likeness (QED) is 0.897. The van der Waals surface area contributed by atoms with Crippen molar-refractivity contribution in [2.45, 2.75) is 33.2 Å². The van der Waals surface area contributed by atoms with Gasteiger partial charge in [-0.05, 0) is 46.5 Å². The van der Waals surface area contributed by atoms with Crippen molar-refractivity contribution < 1.29 is 4.79 Å². The Morgan fingerprint density at radius 1 is 1.53 bits per heavy atom. The number of anilines is 1. The third-order valence-electron chi connectivity index (χ3n) is 2.94. The average Bonchev–Trinajstić information content (AvgIpc) is 2.31. The van der Waals surface area contributed by atoms with Crippen LogP contribution in [0.5, 0.6) is 0 Å². The highest BCUT2D eigenvalue weighted by atomic mass is 79.9. The number of aryl methyl sites for hydroxylation is 1. The van der Waals surface area contributed by atoms with Crippen LogP contribution in [-0.4, -0.2) is 11.9 Å². The van der Waals surface area contributed by atoms with Gasteiger partial charge < -0.3 is 11.1 Å². The number of carbonyl (C=O) groups is 1. The molecule has 0 spiro atoms. The molecular weight excluding hydrogens is 280 g/mol. The van der Waals surface area contributed by atoms with E-state index in [2.05, 4.69) is 21.2 Å². The molecule has 0 heterocycles. The standard InChI is InChI=1S/C13H19BrN2O/c1-4-9(3)12(15)13(17)16-11-7-8(2)5-6-10(11)14/h5-7,9,12H,4,15H2,1-3H3,(H,16,17)/t9?,12-/m0/s1. The van der Waals surface area contributed by atoms with Crippen LogP contribution in [0, 0.1) is 12.8 Å². The van der Waals surface area contributed by atoms with Crippen molar-refractivity contribution in [1.29, 1.82) is 0 Å². The minimum Gasteiger partial charge on any atom is -0.324 e. The van der Waals surface area contributed by atoms with Gasteiger partial charge in [0.1, 0.15) is 0 Å². The molecule has 0 fully saturated rings. The van der Waals surface area contributed by atoms with E-state index in [9.17, 15) is 4.79 Å². The maximum atomic E-state index is 11.9. The highest BCUT2D eigenvalue weighted by Crippen LogP contribution is 2.23. The van der Waals surface area contributed by atoms with Crippen LogP contribution in [0.3, 0.4) is 0 Å². The number of nitrogens with one attached hydrogen (secondary N) is 1. The van der Waals surface area contributed by atoms with E-state index in [-0.39, 0.29) is 11.8 Å². The van der Waals surface area contributed by atoms with Gasteiger partial charge in [0.05, 0.1) is 11.7 Å². The van der Waals surface area contributed by atoms with Crippen molar-refractivity contribution in [3.8, 4) is 0 Å². The van der Waals surface area contributed by atoms with E-state index in [1.165, 1.54) is 0 Å². The minimum absolute atomic E-state index is 0.134. The van der Waals surface area contributed by atoms with Crippen LogP contribution in [0.25, 0.3) is 0 Å². The van der Waals surface area contributed by atoms with Gasteiger partial charge in [0.25, 0.3) is 0 Å². The number of rotatable bonds is 4. The predicted molar refractivity (Wildman–Crippen MR) is 74.9 cm³/mol. The van der Waals surface area contributed by atoms with Gasteiger partial charge in [-0.3, -0.25) is 4.79 Å². The number of benzene rings is 1. The molecule has 0 aromatic heterocycles. The first-order valence-corrected chi connectivity index (χ1v) is 6.57. The van der Waals surface area contributed by atoms with Crippen molar-refractivity contribution in [3.63, 3.8) is 0 Å². The summed E-state index contributed by atoms with van der Waals surface area (Å²) >= 11 is 3.41. The molecule has 4 heteroatoms. The van der Waals surface area contributed by atoms with Gasteiger partial charge in [0.15, 0.2) is 0 Å². The number of carbonyl (C=O) groups excluding carboxylic acids is 1. The number of hydrogen-bond acceptors (Lipinski definition) is 2. The lowest BCUT2D eigenvalue weighted by molar-refractivity contribution is -0.118.